The third kappa shape index (κ3) is 3.11. The lowest BCUT2D eigenvalue weighted by atomic mass is 9.94. The maximum atomic E-state index is 12.1. The van der Waals surface area contributed by atoms with Crippen molar-refractivity contribution in [1.29, 1.82) is 0 Å². The number of anilines is 2. The lowest BCUT2D eigenvalue weighted by molar-refractivity contribution is 0.0970. The quantitative estimate of drug-likeness (QED) is 0.846. The molecule has 0 radical (unpaired) electrons. The van der Waals surface area contributed by atoms with Crippen LogP contribution in [-0.4, -0.2) is 49.0 Å². The normalized spacial score (nSPS) is 17.2. The molecule has 6 heteroatoms. The molecule has 26 heavy (non-hydrogen) atoms. The maximum absolute atomic E-state index is 12.1. The Hall–Kier alpha value is -2.63. The van der Waals surface area contributed by atoms with Gasteiger partial charge < -0.3 is 14.5 Å². The van der Waals surface area contributed by atoms with Crippen LogP contribution in [0.3, 0.4) is 0 Å². The first-order chi connectivity index (χ1) is 12.7. The molecule has 1 fully saturated rings. The van der Waals surface area contributed by atoms with E-state index in [1.807, 2.05) is 19.1 Å². The summed E-state index contributed by atoms with van der Waals surface area (Å²) in [7, 11) is 1.69. The standard InChI is InChI=1S/C20H24N4O2/c1-14-19-17(7-4-8-18(19)25)22-20(21-14)24-11-9-23(10-12-24)15-5-3-6-16(13-15)26-2/h3,5-6,13H,4,7-12H2,1-2H3. The highest BCUT2D eigenvalue weighted by atomic mass is 16.5. The first-order valence-electron chi connectivity index (χ1n) is 9.20. The number of methoxy groups -OCH3 is 1. The van der Waals surface area contributed by atoms with Crippen molar-refractivity contribution in [1.82, 2.24) is 9.97 Å². The Balaban J connectivity index is 1.50. The Labute approximate surface area is 153 Å². The van der Waals surface area contributed by atoms with E-state index in [0.717, 1.165) is 67.7 Å². The van der Waals surface area contributed by atoms with Gasteiger partial charge in [0.25, 0.3) is 0 Å². The van der Waals surface area contributed by atoms with Gasteiger partial charge in [-0.15, -0.1) is 0 Å². The number of ketones is 1. The van der Waals surface area contributed by atoms with Crippen molar-refractivity contribution in [2.45, 2.75) is 26.2 Å². The molecule has 0 amide bonds. The summed E-state index contributed by atoms with van der Waals surface area (Å²) in [6.45, 7) is 5.48. The summed E-state index contributed by atoms with van der Waals surface area (Å²) in [6.07, 6.45) is 2.39. The molecule has 1 aromatic heterocycles. The van der Waals surface area contributed by atoms with Crippen LogP contribution in [0.15, 0.2) is 24.3 Å². The van der Waals surface area contributed by atoms with E-state index in [-0.39, 0.29) is 5.78 Å². The van der Waals surface area contributed by atoms with Gasteiger partial charge in [-0.1, -0.05) is 6.07 Å². The zero-order chi connectivity index (χ0) is 18.1. The van der Waals surface area contributed by atoms with Gasteiger partial charge in [-0.25, -0.2) is 9.97 Å². The maximum Gasteiger partial charge on any atom is 0.225 e. The van der Waals surface area contributed by atoms with Crippen LogP contribution in [0.4, 0.5) is 11.6 Å². The fourth-order valence-corrected chi connectivity index (χ4v) is 3.81. The Kier molecular flexibility index (Phi) is 4.49. The second-order valence-electron chi connectivity index (χ2n) is 6.88. The largest absolute Gasteiger partial charge is 0.497 e. The minimum atomic E-state index is 0.193. The molecule has 2 aromatic rings. The number of hydrogen-bond acceptors (Lipinski definition) is 6. The van der Waals surface area contributed by atoms with Gasteiger partial charge in [0.1, 0.15) is 5.75 Å². The molecule has 136 valence electrons. The minimum absolute atomic E-state index is 0.193. The Morgan fingerprint density at radius 2 is 1.81 bits per heavy atom. The predicted molar refractivity (Wildman–Crippen MR) is 101 cm³/mol. The fraction of sp³-hybridized carbons (Fsp3) is 0.450. The summed E-state index contributed by atoms with van der Waals surface area (Å²) in [4.78, 5) is 26.1. The van der Waals surface area contributed by atoms with Crippen LogP contribution < -0.4 is 14.5 Å². The molecule has 0 N–H and O–H groups in total. The van der Waals surface area contributed by atoms with Crippen molar-refractivity contribution in [2.24, 2.45) is 0 Å². The number of rotatable bonds is 3. The van der Waals surface area contributed by atoms with Gasteiger partial charge in [0, 0.05) is 44.4 Å². The van der Waals surface area contributed by atoms with Crippen LogP contribution in [-0.2, 0) is 6.42 Å². The summed E-state index contributed by atoms with van der Waals surface area (Å²) in [5, 5.41) is 0. The van der Waals surface area contributed by atoms with E-state index >= 15 is 0 Å². The number of piperazine rings is 1. The molecule has 0 unspecified atom stereocenters. The summed E-state index contributed by atoms with van der Waals surface area (Å²) in [5.41, 5.74) is 3.69. The molecule has 2 heterocycles. The molecule has 6 nitrogen and oxygen atoms in total. The molecule has 1 aromatic carbocycles. The number of nitrogens with zero attached hydrogens (tertiary/aromatic N) is 4. The van der Waals surface area contributed by atoms with Crippen LogP contribution in [0.25, 0.3) is 0 Å². The summed E-state index contributed by atoms with van der Waals surface area (Å²) in [5.74, 6) is 1.84. The third-order valence-electron chi connectivity index (χ3n) is 5.23. The van der Waals surface area contributed by atoms with E-state index in [2.05, 4.69) is 26.9 Å². The highest BCUT2D eigenvalue weighted by Gasteiger charge is 2.25. The van der Waals surface area contributed by atoms with Gasteiger partial charge in [0.15, 0.2) is 5.78 Å². The summed E-state index contributed by atoms with van der Waals surface area (Å²) >= 11 is 0. The molecular weight excluding hydrogens is 328 g/mol. The average Bonchev–Trinajstić information content (AvgIpc) is 2.68. The smallest absolute Gasteiger partial charge is 0.225 e. The number of hydrogen-bond donors (Lipinski definition) is 0. The van der Waals surface area contributed by atoms with Crippen molar-refractivity contribution in [3.63, 3.8) is 0 Å². The topological polar surface area (TPSA) is 58.6 Å². The van der Waals surface area contributed by atoms with Gasteiger partial charge in [-0.05, 0) is 31.9 Å². The van der Waals surface area contributed by atoms with Crippen molar-refractivity contribution in [3.05, 3.63) is 41.2 Å². The van der Waals surface area contributed by atoms with Crippen molar-refractivity contribution in [2.75, 3.05) is 43.1 Å². The number of fused-ring (bicyclic) bond motifs is 1. The van der Waals surface area contributed by atoms with E-state index in [0.29, 0.717) is 6.42 Å². The number of aromatic nitrogens is 2. The number of carbonyl (C=O) groups is 1. The number of benzene rings is 1. The average molecular weight is 352 g/mol. The number of Topliss-reactive ketones (excluding diaryl/α,β-unsaturated/α-hetero) is 1. The third-order valence-corrected chi connectivity index (χ3v) is 5.23. The monoisotopic (exact) mass is 352 g/mol. The van der Waals surface area contributed by atoms with E-state index in [1.54, 1.807) is 7.11 Å². The van der Waals surface area contributed by atoms with Crippen LogP contribution in [0.2, 0.25) is 0 Å². The van der Waals surface area contributed by atoms with Crippen molar-refractivity contribution < 1.29 is 9.53 Å². The summed E-state index contributed by atoms with van der Waals surface area (Å²) in [6, 6.07) is 8.17. The van der Waals surface area contributed by atoms with E-state index in [1.165, 1.54) is 5.69 Å². The zero-order valence-electron chi connectivity index (χ0n) is 15.4. The molecule has 1 aliphatic carbocycles. The van der Waals surface area contributed by atoms with E-state index in [9.17, 15) is 4.79 Å². The Morgan fingerprint density at radius 1 is 1.04 bits per heavy atom. The van der Waals surface area contributed by atoms with Gasteiger partial charge >= 0.3 is 0 Å². The second-order valence-corrected chi connectivity index (χ2v) is 6.88. The SMILES string of the molecule is COc1cccc(N2CCN(c3nc(C)c4c(n3)CCCC4=O)CC2)c1. The van der Waals surface area contributed by atoms with E-state index < -0.39 is 0 Å². The lowest BCUT2D eigenvalue weighted by Crippen LogP contribution is -2.47. The minimum Gasteiger partial charge on any atom is -0.497 e. The van der Waals surface area contributed by atoms with Crippen LogP contribution in [0, 0.1) is 6.92 Å². The predicted octanol–water partition coefficient (Wildman–Crippen LogP) is 2.64. The van der Waals surface area contributed by atoms with Gasteiger partial charge in [0.05, 0.1) is 24.1 Å². The second kappa shape index (κ2) is 6.94. The molecule has 2 aliphatic rings. The Morgan fingerprint density at radius 3 is 2.58 bits per heavy atom. The van der Waals surface area contributed by atoms with Gasteiger partial charge in [-0.2, -0.15) is 0 Å². The van der Waals surface area contributed by atoms with E-state index in [4.69, 9.17) is 9.72 Å². The highest BCUT2D eigenvalue weighted by molar-refractivity contribution is 5.99. The summed E-state index contributed by atoms with van der Waals surface area (Å²) < 4.78 is 5.33. The van der Waals surface area contributed by atoms with Crippen LogP contribution >= 0.6 is 0 Å². The molecule has 0 atom stereocenters. The fourth-order valence-electron chi connectivity index (χ4n) is 3.81. The van der Waals surface area contributed by atoms with Crippen LogP contribution in [0.1, 0.15) is 34.6 Å². The van der Waals surface area contributed by atoms with Crippen molar-refractivity contribution in [3.8, 4) is 5.75 Å². The molecule has 0 saturated carbocycles. The first kappa shape index (κ1) is 16.8. The molecule has 0 bridgehead atoms. The first-order valence-corrected chi connectivity index (χ1v) is 9.20. The number of ether oxygens (including phenoxy) is 1. The highest BCUT2D eigenvalue weighted by Crippen LogP contribution is 2.26. The van der Waals surface area contributed by atoms with Gasteiger partial charge in [0.2, 0.25) is 5.95 Å². The number of carbonyl (C=O) groups excluding carboxylic acids is 1. The molecule has 1 saturated heterocycles. The lowest BCUT2D eigenvalue weighted by Gasteiger charge is -2.36. The van der Waals surface area contributed by atoms with Crippen LogP contribution in [0.5, 0.6) is 5.75 Å². The van der Waals surface area contributed by atoms with Crippen molar-refractivity contribution >= 4 is 17.4 Å². The number of aryl methyl sites for hydroxylation is 2. The molecule has 0 spiro atoms. The zero-order valence-corrected chi connectivity index (χ0v) is 15.4. The molecular formula is C20H24N4O2. The molecule has 1 aliphatic heterocycles. The molecule has 4 rings (SSSR count). The Bertz CT molecular complexity index is 829. The van der Waals surface area contributed by atoms with Gasteiger partial charge in [-0.3, -0.25) is 4.79 Å².